The minimum Gasteiger partial charge on any atom is -0.464 e. The fourth-order valence-electron chi connectivity index (χ4n) is 1.50. The first kappa shape index (κ1) is 11.1. The molecule has 0 aliphatic heterocycles. The molecule has 0 aliphatic rings. The Morgan fingerprint density at radius 1 is 1.18 bits per heavy atom. The van der Waals surface area contributed by atoms with E-state index in [0.29, 0.717) is 11.4 Å². The summed E-state index contributed by atoms with van der Waals surface area (Å²) in [6.07, 6.45) is 1.58. The van der Waals surface area contributed by atoms with E-state index < -0.39 is 5.97 Å². The molecule has 4 nitrogen and oxygen atoms in total. The summed E-state index contributed by atoms with van der Waals surface area (Å²) < 4.78 is 4.62. The number of carbonyl (C=O) groups is 1. The van der Waals surface area contributed by atoms with Crippen LogP contribution >= 0.6 is 0 Å². The Morgan fingerprint density at radius 2 is 1.88 bits per heavy atom. The standard InChI is InChI=1S/C13H12N2O2/c1-17-13(16)12-8-10(6-7-15-12)9-2-4-11(14)5-3-9/h2-8H,14H2,1H3. The minimum absolute atomic E-state index is 0.293. The molecule has 0 spiro atoms. The summed E-state index contributed by atoms with van der Waals surface area (Å²) in [5.74, 6) is -0.442. The van der Waals surface area contributed by atoms with Crippen molar-refractivity contribution in [1.82, 2.24) is 4.98 Å². The van der Waals surface area contributed by atoms with Gasteiger partial charge in [0.15, 0.2) is 0 Å². The molecule has 17 heavy (non-hydrogen) atoms. The molecule has 0 saturated heterocycles. The third-order valence-electron chi connectivity index (χ3n) is 2.40. The largest absolute Gasteiger partial charge is 0.464 e. The van der Waals surface area contributed by atoms with Gasteiger partial charge < -0.3 is 10.5 Å². The zero-order valence-electron chi connectivity index (χ0n) is 9.38. The van der Waals surface area contributed by atoms with Crippen LogP contribution in [0.3, 0.4) is 0 Å². The van der Waals surface area contributed by atoms with Crippen LogP contribution in [-0.2, 0) is 4.74 Å². The molecule has 0 unspecified atom stereocenters. The molecule has 1 aromatic carbocycles. The van der Waals surface area contributed by atoms with Crippen LogP contribution in [0.15, 0.2) is 42.6 Å². The van der Waals surface area contributed by atoms with Crippen molar-refractivity contribution in [3.8, 4) is 11.1 Å². The number of nitrogen functional groups attached to an aromatic ring is 1. The summed E-state index contributed by atoms with van der Waals surface area (Å²) in [6, 6.07) is 10.9. The molecular weight excluding hydrogens is 216 g/mol. The molecule has 0 radical (unpaired) electrons. The van der Waals surface area contributed by atoms with Crippen molar-refractivity contribution in [2.45, 2.75) is 0 Å². The molecule has 0 fully saturated rings. The molecule has 0 aliphatic carbocycles. The van der Waals surface area contributed by atoms with Crippen LogP contribution in [0.1, 0.15) is 10.5 Å². The van der Waals surface area contributed by atoms with Crippen LogP contribution in [0.5, 0.6) is 0 Å². The van der Waals surface area contributed by atoms with Crippen molar-refractivity contribution in [1.29, 1.82) is 0 Å². The second kappa shape index (κ2) is 4.65. The minimum atomic E-state index is -0.442. The molecule has 0 atom stereocenters. The number of nitrogens with zero attached hydrogens (tertiary/aromatic N) is 1. The van der Waals surface area contributed by atoms with Gasteiger partial charge in [-0.05, 0) is 35.4 Å². The van der Waals surface area contributed by atoms with E-state index in [-0.39, 0.29) is 0 Å². The topological polar surface area (TPSA) is 65.2 Å². The molecule has 1 aromatic heterocycles. The molecular formula is C13H12N2O2. The number of aromatic nitrogens is 1. The summed E-state index contributed by atoms with van der Waals surface area (Å²) in [4.78, 5) is 15.3. The Hall–Kier alpha value is -2.36. The number of pyridine rings is 1. The molecule has 0 saturated carbocycles. The smallest absolute Gasteiger partial charge is 0.356 e. The van der Waals surface area contributed by atoms with E-state index in [1.807, 2.05) is 30.3 Å². The maximum Gasteiger partial charge on any atom is 0.356 e. The highest BCUT2D eigenvalue weighted by molar-refractivity contribution is 5.88. The molecule has 0 amide bonds. The maximum atomic E-state index is 11.3. The Bertz CT molecular complexity index is 535. The zero-order chi connectivity index (χ0) is 12.3. The van der Waals surface area contributed by atoms with Crippen molar-refractivity contribution in [2.24, 2.45) is 0 Å². The van der Waals surface area contributed by atoms with E-state index in [1.165, 1.54) is 7.11 Å². The van der Waals surface area contributed by atoms with Crippen LogP contribution in [0.4, 0.5) is 5.69 Å². The maximum absolute atomic E-state index is 11.3. The zero-order valence-corrected chi connectivity index (χ0v) is 9.38. The van der Waals surface area contributed by atoms with E-state index in [4.69, 9.17) is 5.73 Å². The van der Waals surface area contributed by atoms with Gasteiger partial charge in [0.1, 0.15) is 5.69 Å². The second-order valence-electron chi connectivity index (χ2n) is 3.54. The van der Waals surface area contributed by atoms with E-state index >= 15 is 0 Å². The highest BCUT2D eigenvalue weighted by Crippen LogP contribution is 2.20. The number of esters is 1. The molecule has 86 valence electrons. The number of methoxy groups -OCH3 is 1. The van der Waals surface area contributed by atoms with Gasteiger partial charge in [-0.1, -0.05) is 12.1 Å². The molecule has 4 heteroatoms. The summed E-state index contributed by atoms with van der Waals surface area (Å²) in [7, 11) is 1.33. The number of nitrogens with two attached hydrogens (primary N) is 1. The van der Waals surface area contributed by atoms with Crippen LogP contribution in [0, 0.1) is 0 Å². The van der Waals surface area contributed by atoms with E-state index in [9.17, 15) is 4.79 Å². The summed E-state index contributed by atoms with van der Waals surface area (Å²) in [6.45, 7) is 0. The van der Waals surface area contributed by atoms with Crippen molar-refractivity contribution >= 4 is 11.7 Å². The first-order chi connectivity index (χ1) is 8.20. The molecule has 0 bridgehead atoms. The predicted octanol–water partition coefficient (Wildman–Crippen LogP) is 2.12. The monoisotopic (exact) mass is 228 g/mol. The van der Waals surface area contributed by atoms with E-state index in [0.717, 1.165) is 11.1 Å². The summed E-state index contributed by atoms with van der Waals surface area (Å²) in [5, 5.41) is 0. The van der Waals surface area contributed by atoms with Gasteiger partial charge in [0.25, 0.3) is 0 Å². The van der Waals surface area contributed by atoms with Gasteiger partial charge in [-0.25, -0.2) is 9.78 Å². The van der Waals surface area contributed by atoms with Gasteiger partial charge in [-0.2, -0.15) is 0 Å². The van der Waals surface area contributed by atoms with Crippen molar-refractivity contribution in [3.63, 3.8) is 0 Å². The fraction of sp³-hybridized carbons (Fsp3) is 0.0769. The van der Waals surface area contributed by atoms with E-state index in [1.54, 1.807) is 12.3 Å². The van der Waals surface area contributed by atoms with Crippen LogP contribution in [-0.4, -0.2) is 18.1 Å². The van der Waals surface area contributed by atoms with Gasteiger partial charge >= 0.3 is 5.97 Å². The van der Waals surface area contributed by atoms with Crippen molar-refractivity contribution < 1.29 is 9.53 Å². The van der Waals surface area contributed by atoms with Gasteiger partial charge in [-0.3, -0.25) is 0 Å². The number of hydrogen-bond acceptors (Lipinski definition) is 4. The van der Waals surface area contributed by atoms with Crippen LogP contribution in [0.25, 0.3) is 11.1 Å². The lowest BCUT2D eigenvalue weighted by Gasteiger charge is -2.04. The lowest BCUT2D eigenvalue weighted by Crippen LogP contribution is -2.03. The number of benzene rings is 1. The highest BCUT2D eigenvalue weighted by atomic mass is 16.5. The van der Waals surface area contributed by atoms with Crippen LogP contribution in [0.2, 0.25) is 0 Å². The normalized spacial score (nSPS) is 9.94. The Morgan fingerprint density at radius 3 is 2.53 bits per heavy atom. The lowest BCUT2D eigenvalue weighted by atomic mass is 10.1. The Balaban J connectivity index is 2.39. The first-order valence-corrected chi connectivity index (χ1v) is 5.11. The van der Waals surface area contributed by atoms with Gasteiger partial charge in [-0.15, -0.1) is 0 Å². The van der Waals surface area contributed by atoms with Crippen molar-refractivity contribution in [3.05, 3.63) is 48.3 Å². The SMILES string of the molecule is COC(=O)c1cc(-c2ccc(N)cc2)ccn1. The Kier molecular flexibility index (Phi) is 3.05. The Labute approximate surface area is 99.1 Å². The van der Waals surface area contributed by atoms with Crippen LogP contribution < -0.4 is 5.73 Å². The average molecular weight is 228 g/mol. The lowest BCUT2D eigenvalue weighted by molar-refractivity contribution is 0.0594. The second-order valence-corrected chi connectivity index (χ2v) is 3.54. The first-order valence-electron chi connectivity index (χ1n) is 5.11. The number of rotatable bonds is 2. The highest BCUT2D eigenvalue weighted by Gasteiger charge is 2.08. The number of hydrogen-bond donors (Lipinski definition) is 1. The third-order valence-corrected chi connectivity index (χ3v) is 2.40. The number of anilines is 1. The van der Waals surface area contributed by atoms with E-state index in [2.05, 4.69) is 9.72 Å². The fourth-order valence-corrected chi connectivity index (χ4v) is 1.50. The third kappa shape index (κ3) is 2.42. The number of ether oxygens (including phenoxy) is 1. The molecule has 2 N–H and O–H groups in total. The summed E-state index contributed by atoms with van der Waals surface area (Å²) >= 11 is 0. The molecule has 1 heterocycles. The number of carbonyl (C=O) groups excluding carboxylic acids is 1. The molecule has 2 aromatic rings. The quantitative estimate of drug-likeness (QED) is 0.631. The van der Waals surface area contributed by atoms with Gasteiger partial charge in [0, 0.05) is 11.9 Å². The predicted molar refractivity (Wildman–Crippen MR) is 65.4 cm³/mol. The summed E-state index contributed by atoms with van der Waals surface area (Å²) in [5.41, 5.74) is 8.50. The van der Waals surface area contributed by atoms with Gasteiger partial charge in [0.05, 0.1) is 7.11 Å². The van der Waals surface area contributed by atoms with Crippen molar-refractivity contribution in [2.75, 3.05) is 12.8 Å². The molecule has 2 rings (SSSR count). The average Bonchev–Trinajstić information content (AvgIpc) is 2.39. The van der Waals surface area contributed by atoms with Gasteiger partial charge in [0.2, 0.25) is 0 Å².